The van der Waals surface area contributed by atoms with Crippen LogP contribution in [0.3, 0.4) is 0 Å². The van der Waals surface area contributed by atoms with Gasteiger partial charge in [0, 0.05) is 0 Å². The summed E-state index contributed by atoms with van der Waals surface area (Å²) in [5.41, 5.74) is 5.31. The maximum atomic E-state index is 5.63. The quantitative estimate of drug-likeness (QED) is 0.340. The van der Waals surface area contributed by atoms with Crippen LogP contribution in [0.4, 0.5) is 0 Å². The van der Waals surface area contributed by atoms with Crippen LogP contribution in [-0.4, -0.2) is 6.61 Å². The Morgan fingerprint density at radius 2 is 1.39 bits per heavy atom. The number of allylic oxidation sites excluding steroid dienone is 3. The SMILES string of the molecule is CC=CCOCc1ccc(-c2ccc(C3CCC(C/C=C/C)CC3)cc2)cc1. The maximum absolute atomic E-state index is 5.63. The van der Waals surface area contributed by atoms with E-state index in [0.29, 0.717) is 13.2 Å². The lowest BCUT2D eigenvalue weighted by Gasteiger charge is -2.28. The van der Waals surface area contributed by atoms with Gasteiger partial charge in [-0.2, -0.15) is 0 Å². The van der Waals surface area contributed by atoms with Crippen molar-refractivity contribution in [3.8, 4) is 11.1 Å². The summed E-state index contributed by atoms with van der Waals surface area (Å²) in [6.45, 7) is 5.48. The van der Waals surface area contributed by atoms with E-state index in [1.54, 1.807) is 0 Å². The topological polar surface area (TPSA) is 9.23 Å². The third-order valence-corrected chi connectivity index (χ3v) is 5.94. The summed E-state index contributed by atoms with van der Waals surface area (Å²) < 4.78 is 5.63. The zero-order valence-electron chi connectivity index (χ0n) is 17.4. The van der Waals surface area contributed by atoms with Gasteiger partial charge in [-0.05, 0) is 80.0 Å². The molecule has 1 heteroatoms. The molecule has 3 rings (SSSR count). The minimum atomic E-state index is 0.667. The van der Waals surface area contributed by atoms with Gasteiger partial charge in [-0.1, -0.05) is 72.8 Å². The smallest absolute Gasteiger partial charge is 0.0721 e. The zero-order chi connectivity index (χ0) is 19.6. The molecule has 0 bridgehead atoms. The van der Waals surface area contributed by atoms with Gasteiger partial charge in [-0.15, -0.1) is 0 Å². The number of hydrogen-bond donors (Lipinski definition) is 0. The Morgan fingerprint density at radius 3 is 2.00 bits per heavy atom. The van der Waals surface area contributed by atoms with E-state index in [0.717, 1.165) is 11.8 Å². The Hall–Kier alpha value is -2.12. The van der Waals surface area contributed by atoms with Gasteiger partial charge in [-0.3, -0.25) is 0 Å². The van der Waals surface area contributed by atoms with Crippen LogP contribution in [0.25, 0.3) is 11.1 Å². The summed E-state index contributed by atoms with van der Waals surface area (Å²) >= 11 is 0. The Kier molecular flexibility index (Phi) is 8.11. The third-order valence-electron chi connectivity index (χ3n) is 5.94. The molecule has 2 aromatic rings. The summed E-state index contributed by atoms with van der Waals surface area (Å²) in [6.07, 6.45) is 15.2. The lowest BCUT2D eigenvalue weighted by atomic mass is 9.77. The molecule has 1 aliphatic carbocycles. The van der Waals surface area contributed by atoms with E-state index in [2.05, 4.69) is 67.6 Å². The molecule has 0 aromatic heterocycles. The van der Waals surface area contributed by atoms with Crippen molar-refractivity contribution < 1.29 is 4.74 Å². The highest BCUT2D eigenvalue weighted by molar-refractivity contribution is 5.64. The summed E-state index contributed by atoms with van der Waals surface area (Å²) in [5, 5.41) is 0. The Bertz CT molecular complexity index is 744. The van der Waals surface area contributed by atoms with Gasteiger partial charge < -0.3 is 4.74 Å². The number of rotatable bonds is 8. The molecule has 0 atom stereocenters. The summed E-state index contributed by atoms with van der Waals surface area (Å²) in [6, 6.07) is 18.0. The van der Waals surface area contributed by atoms with Gasteiger partial charge in [0.05, 0.1) is 13.2 Å². The fraction of sp³-hybridized carbons (Fsp3) is 0.407. The molecule has 1 fully saturated rings. The minimum absolute atomic E-state index is 0.667. The van der Waals surface area contributed by atoms with Crippen molar-refractivity contribution in [1.29, 1.82) is 0 Å². The molecule has 1 nitrogen and oxygen atoms in total. The van der Waals surface area contributed by atoms with Crippen LogP contribution in [0.5, 0.6) is 0 Å². The van der Waals surface area contributed by atoms with Crippen molar-refractivity contribution in [1.82, 2.24) is 0 Å². The van der Waals surface area contributed by atoms with E-state index in [4.69, 9.17) is 4.74 Å². The highest BCUT2D eigenvalue weighted by Gasteiger charge is 2.21. The Balaban J connectivity index is 1.54. The van der Waals surface area contributed by atoms with Gasteiger partial charge in [0.15, 0.2) is 0 Å². The van der Waals surface area contributed by atoms with Crippen molar-refractivity contribution in [3.05, 3.63) is 84.0 Å². The van der Waals surface area contributed by atoms with Crippen LogP contribution in [0.15, 0.2) is 72.8 Å². The van der Waals surface area contributed by atoms with Crippen molar-refractivity contribution in [2.45, 2.75) is 58.5 Å². The molecule has 1 aliphatic rings. The van der Waals surface area contributed by atoms with E-state index >= 15 is 0 Å². The summed E-state index contributed by atoms with van der Waals surface area (Å²) in [5.74, 6) is 1.64. The molecule has 0 unspecified atom stereocenters. The average Bonchev–Trinajstić information content (AvgIpc) is 2.76. The lowest BCUT2D eigenvalue weighted by molar-refractivity contribution is 0.148. The first-order valence-corrected chi connectivity index (χ1v) is 10.8. The zero-order valence-corrected chi connectivity index (χ0v) is 17.4. The minimum Gasteiger partial charge on any atom is -0.373 e. The molecule has 2 aromatic carbocycles. The van der Waals surface area contributed by atoms with Gasteiger partial charge in [-0.25, -0.2) is 0 Å². The predicted molar refractivity (Wildman–Crippen MR) is 120 cm³/mol. The highest BCUT2D eigenvalue weighted by Crippen LogP contribution is 2.37. The first-order valence-electron chi connectivity index (χ1n) is 10.8. The van der Waals surface area contributed by atoms with Gasteiger partial charge >= 0.3 is 0 Å². The second-order valence-electron chi connectivity index (χ2n) is 7.93. The molecule has 0 aliphatic heterocycles. The first-order chi connectivity index (χ1) is 13.8. The third kappa shape index (κ3) is 5.94. The van der Waals surface area contributed by atoms with Crippen LogP contribution < -0.4 is 0 Å². The largest absolute Gasteiger partial charge is 0.373 e. The molecular weight excluding hydrogens is 340 g/mol. The van der Waals surface area contributed by atoms with Crippen LogP contribution >= 0.6 is 0 Å². The average molecular weight is 375 g/mol. The molecule has 0 spiro atoms. The molecule has 28 heavy (non-hydrogen) atoms. The molecule has 0 N–H and O–H groups in total. The normalized spacial score (nSPS) is 20.2. The van der Waals surface area contributed by atoms with Crippen molar-refractivity contribution in [2.75, 3.05) is 6.61 Å². The molecule has 0 amide bonds. The first kappa shape index (κ1) is 20.6. The van der Waals surface area contributed by atoms with Gasteiger partial charge in [0.1, 0.15) is 0 Å². The van der Waals surface area contributed by atoms with Crippen LogP contribution in [0, 0.1) is 5.92 Å². The number of hydrogen-bond acceptors (Lipinski definition) is 1. The predicted octanol–water partition coefficient (Wildman–Crippen LogP) is 7.69. The van der Waals surface area contributed by atoms with Crippen LogP contribution in [0.1, 0.15) is 63.0 Å². The maximum Gasteiger partial charge on any atom is 0.0721 e. The fourth-order valence-electron chi connectivity index (χ4n) is 4.14. The second kappa shape index (κ2) is 11.0. The Morgan fingerprint density at radius 1 is 0.786 bits per heavy atom. The van der Waals surface area contributed by atoms with Crippen molar-refractivity contribution >= 4 is 0 Å². The van der Waals surface area contributed by atoms with Crippen LogP contribution in [0.2, 0.25) is 0 Å². The van der Waals surface area contributed by atoms with E-state index in [1.165, 1.54) is 54.4 Å². The summed E-state index contributed by atoms with van der Waals surface area (Å²) in [7, 11) is 0. The molecule has 1 saturated carbocycles. The van der Waals surface area contributed by atoms with Crippen molar-refractivity contribution in [2.24, 2.45) is 5.92 Å². The monoisotopic (exact) mass is 374 g/mol. The molecule has 0 radical (unpaired) electrons. The number of ether oxygens (including phenoxy) is 1. The molecule has 0 heterocycles. The van der Waals surface area contributed by atoms with E-state index in [1.807, 2.05) is 19.1 Å². The lowest BCUT2D eigenvalue weighted by Crippen LogP contribution is -2.12. The van der Waals surface area contributed by atoms with E-state index in [-0.39, 0.29) is 0 Å². The molecule has 0 saturated heterocycles. The fourth-order valence-corrected chi connectivity index (χ4v) is 4.14. The second-order valence-corrected chi connectivity index (χ2v) is 7.93. The highest BCUT2D eigenvalue weighted by atomic mass is 16.5. The van der Waals surface area contributed by atoms with Gasteiger partial charge in [0.2, 0.25) is 0 Å². The van der Waals surface area contributed by atoms with E-state index < -0.39 is 0 Å². The summed E-state index contributed by atoms with van der Waals surface area (Å²) in [4.78, 5) is 0. The molecular formula is C27H34O. The standard InChI is InChI=1S/C27H34O/c1-3-5-7-22-8-12-24(13-9-22)26-16-18-27(19-17-26)25-14-10-23(11-15-25)21-28-20-6-4-2/h3-6,10-11,14-19,22,24H,7-9,12-13,20-21H2,1-2H3/b5-3+,6-4?. The van der Waals surface area contributed by atoms with E-state index in [9.17, 15) is 0 Å². The van der Waals surface area contributed by atoms with Gasteiger partial charge in [0.25, 0.3) is 0 Å². The van der Waals surface area contributed by atoms with Crippen LogP contribution in [-0.2, 0) is 11.3 Å². The molecule has 148 valence electrons. The Labute approximate surface area is 171 Å². The number of benzene rings is 2. The van der Waals surface area contributed by atoms with Crippen molar-refractivity contribution in [3.63, 3.8) is 0 Å².